The molecule has 26 heavy (non-hydrogen) atoms. The largest absolute Gasteiger partial charge is 0.454 e. The molecule has 134 valence electrons. The topological polar surface area (TPSA) is 63.5 Å². The number of rotatable bonds is 4. The van der Waals surface area contributed by atoms with Crippen LogP contribution in [0.3, 0.4) is 0 Å². The molecule has 0 unspecified atom stereocenters. The molecule has 0 fully saturated rings. The predicted molar refractivity (Wildman–Crippen MR) is 89.6 cm³/mol. The molecule has 2 aromatic rings. The van der Waals surface area contributed by atoms with Gasteiger partial charge in [-0.25, -0.2) is 0 Å². The van der Waals surface area contributed by atoms with E-state index in [4.69, 9.17) is 0 Å². The number of ketones is 1. The van der Waals surface area contributed by atoms with Crippen molar-refractivity contribution in [3.63, 3.8) is 0 Å². The summed E-state index contributed by atoms with van der Waals surface area (Å²) in [6.45, 7) is 0.331. The maximum atomic E-state index is 13.0. The minimum absolute atomic E-state index is 0.133. The number of halogens is 3. The van der Waals surface area contributed by atoms with Crippen molar-refractivity contribution in [3.8, 4) is 0 Å². The molecule has 0 N–H and O–H groups in total. The molecule has 1 aliphatic heterocycles. The van der Waals surface area contributed by atoms with E-state index in [1.54, 1.807) is 12.1 Å². The van der Waals surface area contributed by atoms with Crippen LogP contribution in [0.5, 0.6) is 0 Å². The molecule has 0 aromatic heterocycles. The third-order valence-electron chi connectivity index (χ3n) is 4.08. The highest BCUT2D eigenvalue weighted by molar-refractivity contribution is 6.23. The second kappa shape index (κ2) is 6.62. The summed E-state index contributed by atoms with van der Waals surface area (Å²) in [5, 5.41) is 11.0. The Kier molecular flexibility index (Phi) is 4.50. The van der Waals surface area contributed by atoms with Crippen LogP contribution >= 0.6 is 0 Å². The van der Waals surface area contributed by atoms with Gasteiger partial charge in [0.25, 0.3) is 11.5 Å². The van der Waals surface area contributed by atoms with Gasteiger partial charge in [0.2, 0.25) is 0 Å². The number of anilines is 1. The van der Waals surface area contributed by atoms with Crippen LogP contribution in [0, 0.1) is 10.1 Å². The minimum atomic E-state index is -5.02. The van der Waals surface area contributed by atoms with Gasteiger partial charge in [0.15, 0.2) is 0 Å². The Morgan fingerprint density at radius 1 is 1.15 bits per heavy atom. The van der Waals surface area contributed by atoms with Crippen molar-refractivity contribution < 1.29 is 22.9 Å². The molecule has 3 rings (SSSR count). The highest BCUT2D eigenvalue weighted by Crippen LogP contribution is 2.34. The Morgan fingerprint density at radius 2 is 1.85 bits per heavy atom. The van der Waals surface area contributed by atoms with Crippen LogP contribution < -0.4 is 4.90 Å². The van der Waals surface area contributed by atoms with Gasteiger partial charge in [-0.15, -0.1) is 0 Å². The number of nitro benzene ring substituents is 1. The monoisotopic (exact) mass is 362 g/mol. The van der Waals surface area contributed by atoms with Gasteiger partial charge in [-0.1, -0.05) is 36.4 Å². The highest BCUT2D eigenvalue weighted by Gasteiger charge is 2.41. The standard InChI is InChI=1S/C18H13F3N2O3/c19-18(20,21)17(24)15(12-4-2-1-3-5-12)11-22-9-8-13-6-7-14(23(25)26)10-16(13)22/h1-7,10-11H,8-9H2/b15-11-. The molecule has 5 nitrogen and oxygen atoms in total. The molecule has 1 heterocycles. The summed E-state index contributed by atoms with van der Waals surface area (Å²) in [6.07, 6.45) is -3.38. The molecule has 8 heteroatoms. The molecule has 0 bridgehead atoms. The number of fused-ring (bicyclic) bond motifs is 1. The highest BCUT2D eigenvalue weighted by atomic mass is 19.4. The van der Waals surface area contributed by atoms with E-state index in [-0.39, 0.29) is 11.3 Å². The molecule has 0 saturated heterocycles. The number of nitrogens with zero attached hydrogens (tertiary/aromatic N) is 2. The van der Waals surface area contributed by atoms with Crippen molar-refractivity contribution in [3.05, 3.63) is 76.0 Å². The van der Waals surface area contributed by atoms with Crippen molar-refractivity contribution in [1.29, 1.82) is 0 Å². The van der Waals surface area contributed by atoms with Crippen LogP contribution in [-0.4, -0.2) is 23.4 Å². The van der Waals surface area contributed by atoms with Gasteiger partial charge >= 0.3 is 6.18 Å². The Morgan fingerprint density at radius 3 is 2.46 bits per heavy atom. The van der Waals surface area contributed by atoms with E-state index in [0.717, 1.165) is 11.8 Å². The first-order chi connectivity index (χ1) is 12.3. The lowest BCUT2D eigenvalue weighted by atomic mass is 10.0. The Balaban J connectivity index is 2.07. The molecular weight excluding hydrogens is 349 g/mol. The number of nitro groups is 1. The Bertz CT molecular complexity index is 892. The molecule has 0 saturated carbocycles. The number of carbonyl (C=O) groups is 1. The van der Waals surface area contributed by atoms with E-state index in [0.29, 0.717) is 18.7 Å². The summed E-state index contributed by atoms with van der Waals surface area (Å²) in [4.78, 5) is 23.8. The summed E-state index contributed by atoms with van der Waals surface area (Å²) in [6, 6.07) is 11.8. The Labute approximate surface area is 146 Å². The number of benzene rings is 2. The number of hydrogen-bond acceptors (Lipinski definition) is 4. The predicted octanol–water partition coefficient (Wildman–Crippen LogP) is 4.13. The summed E-state index contributed by atoms with van der Waals surface area (Å²) in [5.74, 6) is -1.96. The third kappa shape index (κ3) is 3.44. The maximum absolute atomic E-state index is 13.0. The number of hydrogen-bond donors (Lipinski definition) is 0. The lowest BCUT2D eigenvalue weighted by Gasteiger charge is -2.18. The van der Waals surface area contributed by atoms with Crippen LogP contribution in [0.15, 0.2) is 54.7 Å². The second-order valence-corrected chi connectivity index (χ2v) is 5.75. The van der Waals surface area contributed by atoms with Crippen LogP contribution in [0.2, 0.25) is 0 Å². The molecule has 0 aliphatic carbocycles. The van der Waals surface area contributed by atoms with Crippen LogP contribution in [0.4, 0.5) is 24.5 Å². The zero-order valence-corrected chi connectivity index (χ0v) is 13.4. The summed E-state index contributed by atoms with van der Waals surface area (Å²) in [5.41, 5.74) is 0.681. The van der Waals surface area contributed by atoms with Gasteiger partial charge < -0.3 is 4.90 Å². The van der Waals surface area contributed by atoms with E-state index in [9.17, 15) is 28.1 Å². The van der Waals surface area contributed by atoms with E-state index < -0.39 is 22.5 Å². The molecule has 0 spiro atoms. The fraction of sp³-hybridized carbons (Fsp3) is 0.167. The van der Waals surface area contributed by atoms with Gasteiger partial charge in [0, 0.05) is 24.9 Å². The third-order valence-corrected chi connectivity index (χ3v) is 4.08. The van der Waals surface area contributed by atoms with E-state index in [1.165, 1.54) is 41.3 Å². The molecule has 0 atom stereocenters. The first kappa shape index (κ1) is 17.7. The van der Waals surface area contributed by atoms with Gasteiger partial charge in [0.05, 0.1) is 16.2 Å². The van der Waals surface area contributed by atoms with Crippen molar-refractivity contribution >= 4 is 22.7 Å². The number of Topliss-reactive ketones (excluding diaryl/α,β-unsaturated/α-hetero) is 1. The number of non-ortho nitro benzene ring substituents is 1. The van der Waals surface area contributed by atoms with Crippen LogP contribution in [0.25, 0.3) is 5.57 Å². The normalized spacial score (nSPS) is 14.3. The van der Waals surface area contributed by atoms with Gasteiger partial charge in [-0.3, -0.25) is 14.9 Å². The molecular formula is C18H13F3N2O3. The first-order valence-corrected chi connectivity index (χ1v) is 7.70. The maximum Gasteiger partial charge on any atom is 0.454 e. The lowest BCUT2D eigenvalue weighted by molar-refractivity contribution is -0.384. The second-order valence-electron chi connectivity index (χ2n) is 5.75. The number of allylic oxidation sites excluding steroid dienone is 1. The van der Waals surface area contributed by atoms with Crippen LogP contribution in [0.1, 0.15) is 11.1 Å². The Hall–Kier alpha value is -3.16. The van der Waals surface area contributed by atoms with Crippen molar-refractivity contribution in [2.24, 2.45) is 0 Å². The summed E-state index contributed by atoms with van der Waals surface area (Å²) in [7, 11) is 0. The van der Waals surface area contributed by atoms with Crippen molar-refractivity contribution in [2.45, 2.75) is 12.6 Å². The number of alkyl halides is 3. The quantitative estimate of drug-likeness (QED) is 0.466. The molecule has 2 aromatic carbocycles. The van der Waals surface area contributed by atoms with Crippen LogP contribution in [-0.2, 0) is 11.2 Å². The molecule has 0 amide bonds. The van der Waals surface area contributed by atoms with E-state index >= 15 is 0 Å². The number of carbonyl (C=O) groups excluding carboxylic acids is 1. The lowest BCUT2D eigenvalue weighted by Crippen LogP contribution is -2.26. The smallest absolute Gasteiger partial charge is 0.346 e. The van der Waals surface area contributed by atoms with Gasteiger partial charge in [-0.2, -0.15) is 13.2 Å². The first-order valence-electron chi connectivity index (χ1n) is 7.70. The summed E-state index contributed by atoms with van der Waals surface area (Å²) < 4.78 is 39.1. The molecule has 0 radical (unpaired) electrons. The SMILES string of the molecule is O=C(/C(=C\N1CCc2ccc([N+](=O)[O-])cc21)c1ccccc1)C(F)(F)F. The van der Waals surface area contributed by atoms with Gasteiger partial charge in [0.1, 0.15) is 0 Å². The van der Waals surface area contributed by atoms with Gasteiger partial charge in [-0.05, 0) is 17.5 Å². The zero-order valence-electron chi connectivity index (χ0n) is 13.4. The fourth-order valence-electron chi connectivity index (χ4n) is 2.83. The fourth-order valence-corrected chi connectivity index (χ4v) is 2.83. The van der Waals surface area contributed by atoms with E-state index in [2.05, 4.69) is 0 Å². The van der Waals surface area contributed by atoms with Crippen molar-refractivity contribution in [2.75, 3.05) is 11.4 Å². The zero-order chi connectivity index (χ0) is 18.9. The summed E-state index contributed by atoms with van der Waals surface area (Å²) >= 11 is 0. The average molecular weight is 362 g/mol. The minimum Gasteiger partial charge on any atom is -0.346 e. The average Bonchev–Trinajstić information content (AvgIpc) is 3.01. The van der Waals surface area contributed by atoms with E-state index in [1.807, 2.05) is 0 Å². The van der Waals surface area contributed by atoms with Crippen molar-refractivity contribution in [1.82, 2.24) is 0 Å². The molecule has 1 aliphatic rings.